The van der Waals surface area contributed by atoms with Crippen molar-refractivity contribution in [1.82, 2.24) is 4.98 Å². The number of fused-ring (bicyclic) bond motifs is 1. The maximum Gasteiger partial charge on any atom is 0.124 e. The number of hydrogen-bond acceptors (Lipinski definition) is 4. The van der Waals surface area contributed by atoms with Crippen molar-refractivity contribution in [3.05, 3.63) is 42.1 Å². The van der Waals surface area contributed by atoms with E-state index in [1.165, 1.54) is 15.5 Å². The summed E-state index contributed by atoms with van der Waals surface area (Å²) >= 11 is 3.76. The first kappa shape index (κ1) is 13.0. The summed E-state index contributed by atoms with van der Waals surface area (Å²) in [6, 6.07) is 12.6. The Morgan fingerprint density at radius 3 is 3.00 bits per heavy atom. The summed E-state index contributed by atoms with van der Waals surface area (Å²) in [5.41, 5.74) is 2.26. The van der Waals surface area contributed by atoms with Gasteiger partial charge in [0.25, 0.3) is 0 Å². The fourth-order valence-electron chi connectivity index (χ4n) is 2.12. The minimum atomic E-state index is 0.526. The van der Waals surface area contributed by atoms with Crippen molar-refractivity contribution in [2.45, 2.75) is 18.6 Å². The molecule has 1 aromatic carbocycles. The zero-order valence-electron chi connectivity index (χ0n) is 10.9. The van der Waals surface area contributed by atoms with Crippen LogP contribution in [-0.4, -0.2) is 26.9 Å². The molecule has 2 nitrogen and oxygen atoms in total. The van der Waals surface area contributed by atoms with Crippen LogP contribution in [0.3, 0.4) is 0 Å². The topological polar surface area (TPSA) is 25.2 Å². The Labute approximate surface area is 122 Å². The highest BCUT2D eigenvalue weighted by molar-refractivity contribution is 8.39. The molecule has 0 amide bonds. The van der Waals surface area contributed by atoms with Crippen LogP contribution in [0, 0.1) is 0 Å². The van der Waals surface area contributed by atoms with Crippen LogP contribution in [0.5, 0.6) is 0 Å². The van der Waals surface area contributed by atoms with Crippen molar-refractivity contribution in [2.24, 2.45) is 4.99 Å². The third kappa shape index (κ3) is 3.31. The van der Waals surface area contributed by atoms with Crippen molar-refractivity contribution in [2.75, 3.05) is 12.3 Å². The molecular formula is C15H16N2S2. The van der Waals surface area contributed by atoms with E-state index >= 15 is 0 Å². The van der Waals surface area contributed by atoms with Gasteiger partial charge in [-0.3, -0.25) is 9.98 Å². The summed E-state index contributed by atoms with van der Waals surface area (Å²) in [4.78, 5) is 9.22. The molecule has 0 unspecified atom stereocenters. The number of pyridine rings is 1. The molecule has 1 aliphatic rings. The van der Waals surface area contributed by atoms with E-state index in [4.69, 9.17) is 4.98 Å². The first-order valence-corrected chi connectivity index (χ1v) is 8.36. The number of rotatable bonds is 3. The van der Waals surface area contributed by atoms with Crippen LogP contribution in [0.25, 0.3) is 10.9 Å². The monoisotopic (exact) mass is 288 g/mol. The molecule has 2 heterocycles. The first-order valence-electron chi connectivity index (χ1n) is 6.50. The van der Waals surface area contributed by atoms with Crippen LogP contribution in [0.1, 0.15) is 12.6 Å². The van der Waals surface area contributed by atoms with Crippen molar-refractivity contribution in [3.63, 3.8) is 0 Å². The van der Waals surface area contributed by atoms with E-state index in [-0.39, 0.29) is 0 Å². The number of thioether (sulfide) groups is 2. The predicted octanol–water partition coefficient (Wildman–Crippen LogP) is 4.00. The van der Waals surface area contributed by atoms with Gasteiger partial charge in [0.15, 0.2) is 0 Å². The Bertz CT molecular complexity index is 610. The second-order valence-corrected chi connectivity index (χ2v) is 7.39. The van der Waals surface area contributed by atoms with E-state index in [1.807, 2.05) is 29.6 Å². The van der Waals surface area contributed by atoms with Gasteiger partial charge in [-0.15, -0.1) is 0 Å². The van der Waals surface area contributed by atoms with Gasteiger partial charge in [-0.05, 0) is 12.1 Å². The maximum absolute atomic E-state index is 4.73. The molecule has 0 N–H and O–H groups in total. The number of para-hydroxylation sites is 1. The largest absolute Gasteiger partial charge is 0.271 e. The summed E-state index contributed by atoms with van der Waals surface area (Å²) in [6.07, 6.45) is 0.995. The van der Waals surface area contributed by atoms with Gasteiger partial charge in [0.05, 0.1) is 12.1 Å². The molecular weight excluding hydrogens is 272 g/mol. The number of aliphatic imine (C=N–C) groups is 1. The smallest absolute Gasteiger partial charge is 0.124 e. The molecule has 0 radical (unpaired) electrons. The number of nitrogens with zero attached hydrogens (tertiary/aromatic N) is 2. The molecule has 0 fully saturated rings. The summed E-state index contributed by atoms with van der Waals surface area (Å²) in [5, 5.41) is 1.74. The lowest BCUT2D eigenvalue weighted by Gasteiger charge is -2.10. The van der Waals surface area contributed by atoms with Crippen LogP contribution in [0.2, 0.25) is 0 Å². The van der Waals surface area contributed by atoms with E-state index in [0.29, 0.717) is 5.25 Å². The van der Waals surface area contributed by atoms with Gasteiger partial charge in [0.1, 0.15) is 4.38 Å². The zero-order chi connectivity index (χ0) is 13.1. The highest BCUT2D eigenvalue weighted by atomic mass is 32.2. The van der Waals surface area contributed by atoms with Gasteiger partial charge < -0.3 is 0 Å². The van der Waals surface area contributed by atoms with Crippen LogP contribution in [0.4, 0.5) is 0 Å². The lowest BCUT2D eigenvalue weighted by atomic mass is 10.1. The first-order chi connectivity index (χ1) is 9.31. The van der Waals surface area contributed by atoms with Gasteiger partial charge in [-0.1, -0.05) is 54.7 Å². The van der Waals surface area contributed by atoms with E-state index in [9.17, 15) is 0 Å². The molecule has 0 bridgehead atoms. The van der Waals surface area contributed by atoms with Crippen LogP contribution < -0.4 is 0 Å². The molecule has 0 aliphatic carbocycles. The second kappa shape index (κ2) is 5.97. The highest BCUT2D eigenvalue weighted by Gasteiger charge is 2.13. The summed E-state index contributed by atoms with van der Waals surface area (Å²) in [5.74, 6) is 1.14. The zero-order valence-corrected chi connectivity index (χ0v) is 12.5. The Morgan fingerprint density at radius 1 is 1.26 bits per heavy atom. The molecule has 19 heavy (non-hydrogen) atoms. The molecule has 2 aromatic rings. The highest BCUT2D eigenvalue weighted by Crippen LogP contribution is 2.27. The lowest BCUT2D eigenvalue weighted by molar-refractivity contribution is 0.913. The number of hydrogen-bond donors (Lipinski definition) is 0. The Balaban J connectivity index is 1.70. The minimum Gasteiger partial charge on any atom is -0.271 e. The van der Waals surface area contributed by atoms with E-state index < -0.39 is 0 Å². The van der Waals surface area contributed by atoms with Gasteiger partial charge in [-0.25, -0.2) is 0 Å². The van der Waals surface area contributed by atoms with Crippen molar-refractivity contribution in [1.29, 1.82) is 0 Å². The Morgan fingerprint density at radius 2 is 2.16 bits per heavy atom. The number of aromatic nitrogens is 1. The van der Waals surface area contributed by atoms with Crippen molar-refractivity contribution < 1.29 is 0 Å². The molecule has 1 atom stereocenters. The average Bonchev–Trinajstić information content (AvgIpc) is 2.91. The maximum atomic E-state index is 4.73. The Hall–Kier alpha value is -1.000. The quantitative estimate of drug-likeness (QED) is 0.853. The lowest BCUT2D eigenvalue weighted by Crippen LogP contribution is -2.05. The molecule has 4 heteroatoms. The fourth-order valence-corrected chi connectivity index (χ4v) is 4.44. The molecule has 0 spiro atoms. The summed E-state index contributed by atoms with van der Waals surface area (Å²) in [7, 11) is 0. The fraction of sp³-hybridized carbons (Fsp3) is 0.333. The third-order valence-corrected chi connectivity index (χ3v) is 5.32. The molecule has 3 rings (SSSR count). The third-order valence-electron chi connectivity index (χ3n) is 3.01. The van der Waals surface area contributed by atoms with Crippen LogP contribution >= 0.6 is 23.5 Å². The van der Waals surface area contributed by atoms with Crippen LogP contribution in [0.15, 0.2) is 41.4 Å². The van der Waals surface area contributed by atoms with E-state index in [1.54, 1.807) is 0 Å². The second-order valence-electron chi connectivity index (χ2n) is 4.62. The summed E-state index contributed by atoms with van der Waals surface area (Å²) < 4.78 is 1.24. The van der Waals surface area contributed by atoms with Gasteiger partial charge in [0, 0.05) is 28.5 Å². The van der Waals surface area contributed by atoms with Gasteiger partial charge in [-0.2, -0.15) is 0 Å². The van der Waals surface area contributed by atoms with Gasteiger partial charge >= 0.3 is 0 Å². The average molecular weight is 288 g/mol. The number of benzene rings is 1. The minimum absolute atomic E-state index is 0.526. The predicted molar refractivity (Wildman–Crippen MR) is 87.3 cm³/mol. The Kier molecular flexibility index (Phi) is 4.09. The SMILES string of the molecule is C[C@@H](Cc1ccc2ccccc2n1)SC1=NCCS1. The van der Waals surface area contributed by atoms with Crippen molar-refractivity contribution >= 4 is 38.8 Å². The summed E-state index contributed by atoms with van der Waals surface area (Å²) in [6.45, 7) is 3.23. The molecule has 98 valence electrons. The van der Waals surface area contributed by atoms with Gasteiger partial charge in [0.2, 0.25) is 0 Å². The normalized spacial score (nSPS) is 16.6. The standard InChI is InChI=1S/C15H16N2S2/c1-11(19-15-16-8-9-18-15)10-13-7-6-12-4-2-3-5-14(12)17-13/h2-7,11H,8-10H2,1H3/t11-/m0/s1. The van der Waals surface area contributed by atoms with E-state index in [2.05, 4.69) is 42.2 Å². The molecule has 0 saturated heterocycles. The van der Waals surface area contributed by atoms with E-state index in [0.717, 1.165) is 24.2 Å². The van der Waals surface area contributed by atoms with Crippen LogP contribution in [-0.2, 0) is 6.42 Å². The molecule has 1 aliphatic heterocycles. The van der Waals surface area contributed by atoms with Crippen molar-refractivity contribution in [3.8, 4) is 0 Å². The molecule has 0 saturated carbocycles. The molecule has 1 aromatic heterocycles.